The summed E-state index contributed by atoms with van der Waals surface area (Å²) in [6.07, 6.45) is 0. The molecule has 4 nitrogen and oxygen atoms in total. The van der Waals surface area contributed by atoms with Crippen molar-refractivity contribution >= 4 is 9.84 Å². The maximum absolute atomic E-state index is 11.2. The topological polar surface area (TPSA) is 63.6 Å². The number of rotatable bonds is 3. The van der Waals surface area contributed by atoms with Gasteiger partial charge in [0, 0.05) is 0 Å². The second kappa shape index (κ2) is 3.66. The molecule has 1 rings (SSSR count). The number of nitroso groups, excluding NO2 is 1. The summed E-state index contributed by atoms with van der Waals surface area (Å²) < 4.78 is 22.5. The Bertz CT molecular complexity index is 394. The second-order valence-electron chi connectivity index (χ2n) is 2.69. The highest BCUT2D eigenvalue weighted by Gasteiger charge is 2.13. The molecule has 0 saturated carbocycles. The fraction of sp³-hybridized carbons (Fsp3) is 0.250. The normalized spacial score (nSPS) is 11.2. The van der Waals surface area contributed by atoms with Crippen LogP contribution >= 0.6 is 0 Å². The van der Waals surface area contributed by atoms with E-state index in [1.807, 2.05) is 6.92 Å². The van der Waals surface area contributed by atoms with Crippen molar-refractivity contribution < 1.29 is 8.42 Å². The number of hydrogen-bond acceptors (Lipinski definition) is 4. The third kappa shape index (κ3) is 2.35. The molecule has 0 saturated heterocycles. The zero-order chi connectivity index (χ0) is 9.90. The minimum Gasteiger partial charge on any atom is -0.222 e. The summed E-state index contributed by atoms with van der Waals surface area (Å²) in [6, 6.07) is 6.29. The van der Waals surface area contributed by atoms with Gasteiger partial charge in [0.2, 0.25) is 9.84 Å². The van der Waals surface area contributed by atoms with E-state index in [9.17, 15) is 13.3 Å². The van der Waals surface area contributed by atoms with Crippen molar-refractivity contribution in [2.24, 2.45) is 5.18 Å². The lowest BCUT2D eigenvalue weighted by Crippen LogP contribution is -2.03. The molecule has 1 aromatic carbocycles. The second-order valence-corrected chi connectivity index (χ2v) is 4.65. The third-order valence-corrected chi connectivity index (χ3v) is 3.04. The van der Waals surface area contributed by atoms with Crippen LogP contribution in [0.2, 0.25) is 0 Å². The first-order chi connectivity index (χ1) is 6.06. The van der Waals surface area contributed by atoms with Gasteiger partial charge in [-0.15, -0.1) is 4.91 Å². The predicted molar refractivity (Wildman–Crippen MR) is 49.0 cm³/mol. The average molecular weight is 199 g/mol. The Morgan fingerprint density at radius 3 is 2.23 bits per heavy atom. The fourth-order valence-corrected chi connectivity index (χ4v) is 1.73. The summed E-state index contributed by atoms with van der Waals surface area (Å²) in [4.78, 5) is 9.97. The molecule has 0 unspecified atom stereocenters. The van der Waals surface area contributed by atoms with E-state index < -0.39 is 15.7 Å². The summed E-state index contributed by atoms with van der Waals surface area (Å²) in [5.41, 5.74) is 0.970. The highest BCUT2D eigenvalue weighted by atomic mass is 32.2. The van der Waals surface area contributed by atoms with Crippen LogP contribution in [0.5, 0.6) is 0 Å². The lowest BCUT2D eigenvalue weighted by molar-refractivity contribution is 0.596. The molecule has 0 aliphatic rings. The minimum absolute atomic E-state index is 0.137. The number of benzene rings is 1. The van der Waals surface area contributed by atoms with E-state index in [2.05, 4.69) is 5.18 Å². The minimum atomic E-state index is -3.51. The Kier molecular flexibility index (Phi) is 2.77. The van der Waals surface area contributed by atoms with Crippen molar-refractivity contribution in [1.29, 1.82) is 0 Å². The van der Waals surface area contributed by atoms with E-state index in [1.54, 1.807) is 12.1 Å². The van der Waals surface area contributed by atoms with Gasteiger partial charge >= 0.3 is 0 Å². The molecule has 0 aliphatic heterocycles. The van der Waals surface area contributed by atoms with Gasteiger partial charge in [0.05, 0.1) is 4.90 Å². The van der Waals surface area contributed by atoms with Crippen LogP contribution in [0, 0.1) is 11.8 Å². The van der Waals surface area contributed by atoms with Gasteiger partial charge in [-0.2, -0.15) is 0 Å². The molecule has 13 heavy (non-hydrogen) atoms. The summed E-state index contributed by atoms with van der Waals surface area (Å²) in [7, 11) is -3.51. The predicted octanol–water partition coefficient (Wildman–Crippen LogP) is 1.49. The number of sulfone groups is 1. The van der Waals surface area contributed by atoms with E-state index >= 15 is 0 Å². The first-order valence-corrected chi connectivity index (χ1v) is 5.30. The Hall–Kier alpha value is -1.23. The van der Waals surface area contributed by atoms with Crippen LogP contribution in [0.1, 0.15) is 5.56 Å². The van der Waals surface area contributed by atoms with Crippen molar-refractivity contribution in [3.63, 3.8) is 0 Å². The van der Waals surface area contributed by atoms with E-state index in [1.165, 1.54) is 12.1 Å². The lowest BCUT2D eigenvalue weighted by Gasteiger charge is -1.99. The van der Waals surface area contributed by atoms with Gasteiger partial charge < -0.3 is 0 Å². The monoisotopic (exact) mass is 199 g/mol. The Labute approximate surface area is 76.5 Å². The van der Waals surface area contributed by atoms with Gasteiger partial charge in [-0.05, 0) is 19.1 Å². The number of hydrogen-bond donors (Lipinski definition) is 0. The summed E-state index contributed by atoms with van der Waals surface area (Å²) in [5.74, 6) is -0.698. The van der Waals surface area contributed by atoms with E-state index in [0.29, 0.717) is 0 Å². The lowest BCUT2D eigenvalue weighted by atomic mass is 10.2. The summed E-state index contributed by atoms with van der Waals surface area (Å²) in [5, 5.41) is 2.37. The molecular formula is C8H9NO3S. The maximum Gasteiger partial charge on any atom is 0.201 e. The molecule has 5 heteroatoms. The highest BCUT2D eigenvalue weighted by molar-refractivity contribution is 7.91. The van der Waals surface area contributed by atoms with Crippen LogP contribution in [-0.2, 0) is 9.84 Å². The molecule has 0 fully saturated rings. The molecule has 70 valence electrons. The molecular weight excluding hydrogens is 190 g/mol. The molecule has 0 N–H and O–H groups in total. The molecule has 0 amide bonds. The van der Waals surface area contributed by atoms with Crippen LogP contribution in [0.15, 0.2) is 34.3 Å². The molecule has 1 aromatic rings. The zero-order valence-electron chi connectivity index (χ0n) is 7.10. The molecule has 0 heterocycles. The van der Waals surface area contributed by atoms with E-state index in [4.69, 9.17) is 0 Å². The van der Waals surface area contributed by atoms with Crippen molar-refractivity contribution in [2.75, 3.05) is 5.88 Å². The molecule has 0 aliphatic carbocycles. The SMILES string of the molecule is Cc1ccc(S(=O)(=O)CN=O)cc1. The first-order valence-electron chi connectivity index (χ1n) is 3.65. The van der Waals surface area contributed by atoms with Crippen molar-refractivity contribution in [1.82, 2.24) is 0 Å². The summed E-state index contributed by atoms with van der Waals surface area (Å²) >= 11 is 0. The molecule has 0 atom stereocenters. The van der Waals surface area contributed by atoms with Gasteiger partial charge in [0.15, 0.2) is 5.88 Å². The van der Waals surface area contributed by atoms with Gasteiger partial charge in [-0.25, -0.2) is 8.42 Å². The van der Waals surface area contributed by atoms with E-state index in [0.717, 1.165) is 5.56 Å². The van der Waals surface area contributed by atoms with Gasteiger partial charge in [0.1, 0.15) is 0 Å². The Balaban J connectivity index is 3.08. The zero-order valence-corrected chi connectivity index (χ0v) is 7.91. The Morgan fingerprint density at radius 1 is 1.23 bits per heavy atom. The molecule has 0 aromatic heterocycles. The Morgan fingerprint density at radius 2 is 1.77 bits per heavy atom. The smallest absolute Gasteiger partial charge is 0.201 e. The van der Waals surface area contributed by atoms with Crippen LogP contribution in [0.4, 0.5) is 0 Å². The van der Waals surface area contributed by atoms with Crippen LogP contribution in [0.3, 0.4) is 0 Å². The third-order valence-electron chi connectivity index (χ3n) is 1.60. The van der Waals surface area contributed by atoms with Crippen LogP contribution in [-0.4, -0.2) is 14.3 Å². The summed E-state index contributed by atoms with van der Waals surface area (Å²) in [6.45, 7) is 1.86. The van der Waals surface area contributed by atoms with Crippen molar-refractivity contribution in [2.45, 2.75) is 11.8 Å². The van der Waals surface area contributed by atoms with Crippen molar-refractivity contribution in [3.05, 3.63) is 34.7 Å². The number of aryl methyl sites for hydroxylation is 1. The standard InChI is InChI=1S/C8H9NO3S/c1-7-2-4-8(5-3-7)13(11,12)6-9-10/h2-5H,6H2,1H3. The van der Waals surface area contributed by atoms with Crippen molar-refractivity contribution in [3.8, 4) is 0 Å². The molecule has 0 radical (unpaired) electrons. The van der Waals surface area contributed by atoms with Gasteiger partial charge in [-0.3, -0.25) is 0 Å². The maximum atomic E-state index is 11.2. The first kappa shape index (κ1) is 9.85. The van der Waals surface area contributed by atoms with E-state index in [-0.39, 0.29) is 4.90 Å². The van der Waals surface area contributed by atoms with Gasteiger partial charge in [0.25, 0.3) is 0 Å². The van der Waals surface area contributed by atoms with Crippen LogP contribution < -0.4 is 0 Å². The molecule has 0 bridgehead atoms. The highest BCUT2D eigenvalue weighted by Crippen LogP contribution is 2.11. The quantitative estimate of drug-likeness (QED) is 0.693. The molecule has 0 spiro atoms. The fourth-order valence-electron chi connectivity index (χ4n) is 0.890. The average Bonchev–Trinajstić information content (AvgIpc) is 2.05. The van der Waals surface area contributed by atoms with Crippen LogP contribution in [0.25, 0.3) is 0 Å². The number of nitrogens with zero attached hydrogens (tertiary/aromatic N) is 1. The largest absolute Gasteiger partial charge is 0.222 e. The van der Waals surface area contributed by atoms with Gasteiger partial charge in [-0.1, -0.05) is 22.9 Å².